The largest absolute Gasteiger partial charge is 0.451 e. The second-order valence-corrected chi connectivity index (χ2v) is 8.19. The molecule has 6 rings (SSSR count). The Kier molecular flexibility index (Phi) is 4.62. The van der Waals surface area contributed by atoms with Gasteiger partial charge >= 0.3 is 0 Å². The molecule has 2 unspecified atom stereocenters. The minimum Gasteiger partial charge on any atom is -0.451 e. The van der Waals surface area contributed by atoms with Gasteiger partial charge in [-0.2, -0.15) is 0 Å². The molecule has 0 radical (unpaired) electrons. The van der Waals surface area contributed by atoms with Crippen LogP contribution < -0.4 is 5.43 Å². The number of benzene rings is 1. The first-order chi connectivity index (χ1) is 14.1. The Balaban J connectivity index is 1.35. The van der Waals surface area contributed by atoms with E-state index in [0.717, 1.165) is 25.7 Å². The van der Waals surface area contributed by atoms with Crippen LogP contribution in [0.5, 0.6) is 0 Å². The molecule has 0 aliphatic carbocycles. The summed E-state index contributed by atoms with van der Waals surface area (Å²) >= 11 is 0. The van der Waals surface area contributed by atoms with Gasteiger partial charge in [0.2, 0.25) is 5.91 Å². The Labute approximate surface area is 168 Å². The number of piperidine rings is 2. The van der Waals surface area contributed by atoms with Gasteiger partial charge in [-0.3, -0.25) is 14.4 Å². The molecule has 4 aliphatic heterocycles. The van der Waals surface area contributed by atoms with Crippen molar-refractivity contribution in [3.63, 3.8) is 0 Å². The fraction of sp³-hybridized carbons (Fsp3) is 0.500. The van der Waals surface area contributed by atoms with Crippen molar-refractivity contribution in [1.82, 2.24) is 9.80 Å². The summed E-state index contributed by atoms with van der Waals surface area (Å²) in [5.41, 5.74) is 0.204. The van der Waals surface area contributed by atoms with E-state index in [-0.39, 0.29) is 41.0 Å². The van der Waals surface area contributed by atoms with E-state index in [1.165, 1.54) is 6.07 Å². The highest BCUT2D eigenvalue weighted by Gasteiger charge is 2.45. The third-order valence-corrected chi connectivity index (χ3v) is 6.49. The number of fused-ring (bicyclic) bond motifs is 4. The molecule has 4 fully saturated rings. The van der Waals surface area contributed by atoms with Crippen molar-refractivity contribution in [2.75, 3.05) is 26.3 Å². The molecule has 5 heterocycles. The highest BCUT2D eigenvalue weighted by molar-refractivity contribution is 5.93. The number of carbonyl (C=O) groups excluding carboxylic acids is 2. The van der Waals surface area contributed by atoms with Crippen LogP contribution >= 0.6 is 0 Å². The summed E-state index contributed by atoms with van der Waals surface area (Å²) in [7, 11) is 0. The van der Waals surface area contributed by atoms with E-state index in [1.807, 2.05) is 4.90 Å². The molecule has 4 aliphatic rings. The Morgan fingerprint density at radius 1 is 0.931 bits per heavy atom. The molecule has 2 amide bonds. The van der Waals surface area contributed by atoms with Gasteiger partial charge in [-0.1, -0.05) is 12.1 Å². The summed E-state index contributed by atoms with van der Waals surface area (Å²) in [4.78, 5) is 42.3. The molecule has 4 saturated heterocycles. The Bertz CT molecular complexity index is 1010. The summed E-state index contributed by atoms with van der Waals surface area (Å²) in [6, 6.07) is 8.23. The van der Waals surface area contributed by atoms with Gasteiger partial charge in [0.25, 0.3) is 5.91 Å². The first-order valence-electron chi connectivity index (χ1n) is 10.3. The minimum absolute atomic E-state index is 0.0331. The molecular weight excluding hydrogens is 372 g/mol. The first-order valence-corrected chi connectivity index (χ1v) is 10.3. The van der Waals surface area contributed by atoms with Crippen molar-refractivity contribution < 1.29 is 18.7 Å². The summed E-state index contributed by atoms with van der Waals surface area (Å²) in [6.07, 6.45) is 3.33. The molecule has 7 heteroatoms. The number of hydrogen-bond donors (Lipinski definition) is 0. The topological polar surface area (TPSA) is 80.1 Å². The molecule has 0 N–H and O–H groups in total. The number of amides is 2. The first kappa shape index (κ1) is 18.4. The van der Waals surface area contributed by atoms with Crippen LogP contribution in [0.1, 0.15) is 36.2 Å². The van der Waals surface area contributed by atoms with Gasteiger partial charge in [0.15, 0.2) is 11.2 Å². The number of piperazine rings is 1. The Morgan fingerprint density at radius 3 is 2.34 bits per heavy atom. The van der Waals surface area contributed by atoms with Gasteiger partial charge in [0.05, 0.1) is 5.39 Å². The lowest BCUT2D eigenvalue weighted by Gasteiger charge is -2.52. The van der Waals surface area contributed by atoms with Crippen LogP contribution in [-0.2, 0) is 9.53 Å². The van der Waals surface area contributed by atoms with Gasteiger partial charge in [-0.25, -0.2) is 0 Å². The highest BCUT2D eigenvalue weighted by Crippen LogP contribution is 2.32. The van der Waals surface area contributed by atoms with Crippen molar-refractivity contribution in [3.05, 3.63) is 46.3 Å². The van der Waals surface area contributed by atoms with Gasteiger partial charge < -0.3 is 19.0 Å². The van der Waals surface area contributed by atoms with Crippen molar-refractivity contribution in [2.24, 2.45) is 5.92 Å². The monoisotopic (exact) mass is 396 g/mol. The number of hydrogen-bond acceptors (Lipinski definition) is 5. The molecule has 7 nitrogen and oxygen atoms in total. The maximum atomic E-state index is 13.1. The van der Waals surface area contributed by atoms with Crippen LogP contribution in [0.3, 0.4) is 0 Å². The van der Waals surface area contributed by atoms with Crippen LogP contribution in [-0.4, -0.2) is 60.0 Å². The van der Waals surface area contributed by atoms with E-state index >= 15 is 0 Å². The van der Waals surface area contributed by atoms with Crippen LogP contribution in [0.25, 0.3) is 11.0 Å². The van der Waals surface area contributed by atoms with Gasteiger partial charge in [-0.05, 0) is 37.8 Å². The third-order valence-electron chi connectivity index (χ3n) is 6.49. The number of para-hydroxylation sites is 1. The van der Waals surface area contributed by atoms with Gasteiger partial charge in [0.1, 0.15) is 5.58 Å². The van der Waals surface area contributed by atoms with E-state index in [0.29, 0.717) is 37.3 Å². The maximum Gasteiger partial charge on any atom is 0.290 e. The summed E-state index contributed by atoms with van der Waals surface area (Å²) in [5.74, 6) is 0.0439. The molecule has 0 saturated carbocycles. The lowest BCUT2D eigenvalue weighted by Crippen LogP contribution is -2.65. The molecule has 2 atom stereocenters. The predicted molar refractivity (Wildman–Crippen MR) is 106 cm³/mol. The van der Waals surface area contributed by atoms with Crippen LogP contribution in [0.2, 0.25) is 0 Å². The molecule has 1 aromatic heterocycles. The van der Waals surface area contributed by atoms with E-state index in [4.69, 9.17) is 9.15 Å². The highest BCUT2D eigenvalue weighted by atomic mass is 16.5. The van der Waals surface area contributed by atoms with E-state index in [1.54, 1.807) is 29.2 Å². The zero-order chi connectivity index (χ0) is 20.0. The normalized spacial score (nSPS) is 24.8. The van der Waals surface area contributed by atoms with Crippen LogP contribution in [0.15, 0.2) is 39.5 Å². The molecule has 29 heavy (non-hydrogen) atoms. The Morgan fingerprint density at radius 2 is 1.62 bits per heavy atom. The second kappa shape index (κ2) is 7.30. The average Bonchev–Trinajstić information content (AvgIpc) is 2.79. The van der Waals surface area contributed by atoms with Crippen molar-refractivity contribution >= 4 is 22.8 Å². The van der Waals surface area contributed by atoms with E-state index in [2.05, 4.69) is 0 Å². The Hall–Kier alpha value is -2.67. The number of carbonyl (C=O) groups is 2. The fourth-order valence-corrected chi connectivity index (χ4v) is 4.88. The van der Waals surface area contributed by atoms with Crippen LogP contribution in [0, 0.1) is 5.92 Å². The van der Waals surface area contributed by atoms with Gasteiger partial charge in [-0.15, -0.1) is 0 Å². The summed E-state index contributed by atoms with van der Waals surface area (Å²) < 4.78 is 11.1. The maximum absolute atomic E-state index is 13.1. The third kappa shape index (κ3) is 3.23. The molecule has 1 aromatic carbocycles. The summed E-state index contributed by atoms with van der Waals surface area (Å²) in [5, 5.41) is 0.470. The summed E-state index contributed by atoms with van der Waals surface area (Å²) in [6.45, 7) is 2.34. The van der Waals surface area contributed by atoms with Crippen molar-refractivity contribution in [2.45, 2.75) is 37.8 Å². The smallest absolute Gasteiger partial charge is 0.290 e. The number of nitrogens with zero attached hydrogens (tertiary/aromatic N) is 2. The van der Waals surface area contributed by atoms with E-state index in [9.17, 15) is 14.4 Å². The second-order valence-electron chi connectivity index (χ2n) is 8.19. The molecule has 0 spiro atoms. The number of rotatable bonds is 2. The average molecular weight is 396 g/mol. The SMILES string of the molecule is O=C(c1cc(=O)c2ccccc2o1)N1CC2CCC1CN2C(=O)C1CCOCC1. The predicted octanol–water partition coefficient (Wildman–Crippen LogP) is 2.04. The van der Waals surface area contributed by atoms with Crippen LogP contribution in [0.4, 0.5) is 0 Å². The zero-order valence-electron chi connectivity index (χ0n) is 16.2. The van der Waals surface area contributed by atoms with E-state index < -0.39 is 0 Å². The molecule has 2 aromatic rings. The minimum atomic E-state index is -0.263. The number of ether oxygens (including phenoxy) is 1. The quantitative estimate of drug-likeness (QED) is 0.776. The lowest BCUT2D eigenvalue weighted by molar-refractivity contribution is -0.147. The van der Waals surface area contributed by atoms with Crippen molar-refractivity contribution in [1.29, 1.82) is 0 Å². The molecule has 2 bridgehead atoms. The molecule has 152 valence electrons. The fourth-order valence-electron chi connectivity index (χ4n) is 4.88. The standard InChI is InChI=1S/C22H24N2O5/c25-18-11-20(29-19-4-2-1-3-17(18)19)22(27)24-13-15-5-6-16(24)12-23(15)21(26)14-7-9-28-10-8-14/h1-4,11,14-16H,5-10,12-13H2. The van der Waals surface area contributed by atoms with Gasteiger partial charge in [0, 0.05) is 50.4 Å². The lowest BCUT2D eigenvalue weighted by atomic mass is 9.88. The molecular formula is C22H24N2O5. The zero-order valence-corrected chi connectivity index (χ0v) is 16.2. The van der Waals surface area contributed by atoms with Crippen molar-refractivity contribution in [3.8, 4) is 0 Å².